The van der Waals surface area contributed by atoms with Gasteiger partial charge in [0, 0.05) is 27.4 Å². The van der Waals surface area contributed by atoms with Gasteiger partial charge in [-0.2, -0.15) is 10.2 Å². The van der Waals surface area contributed by atoms with E-state index < -0.39 is 0 Å². The summed E-state index contributed by atoms with van der Waals surface area (Å²) in [4.78, 5) is 0. The van der Waals surface area contributed by atoms with Crippen molar-refractivity contribution in [3.63, 3.8) is 0 Å². The fourth-order valence-electron chi connectivity index (χ4n) is 3.61. The molecule has 6 nitrogen and oxygen atoms in total. The predicted molar refractivity (Wildman–Crippen MR) is 140 cm³/mol. The maximum Gasteiger partial charge on any atom is 0.176 e. The maximum absolute atomic E-state index is 6.32. The Labute approximate surface area is 208 Å². The first-order chi connectivity index (χ1) is 15.8. The van der Waals surface area contributed by atoms with Gasteiger partial charge >= 0.3 is 0 Å². The van der Waals surface area contributed by atoms with Gasteiger partial charge in [-0.3, -0.25) is 9.36 Å². The van der Waals surface area contributed by atoms with Crippen LogP contribution in [0.1, 0.15) is 28.2 Å². The molecular formula is C24H24Cl2N6S. The Bertz CT molecular complexity index is 1280. The average Bonchev–Trinajstić information content (AvgIpc) is 3.24. The van der Waals surface area contributed by atoms with E-state index in [-0.39, 0.29) is 0 Å². The van der Waals surface area contributed by atoms with Crippen LogP contribution in [0.4, 0.5) is 11.5 Å². The Kier molecular flexibility index (Phi) is 7.02. The fraction of sp³-hybridized carbons (Fsp3) is 0.208. The van der Waals surface area contributed by atoms with Gasteiger partial charge in [-0.15, -0.1) is 0 Å². The molecule has 4 rings (SSSR count). The lowest BCUT2D eigenvalue weighted by Gasteiger charge is -2.10. The molecule has 0 saturated carbocycles. The number of nitrogens with zero attached hydrogens (tertiary/aromatic N) is 4. The number of aromatic nitrogens is 4. The van der Waals surface area contributed by atoms with Crippen LogP contribution in [-0.4, -0.2) is 24.7 Å². The molecule has 0 bridgehead atoms. The lowest BCUT2D eigenvalue weighted by molar-refractivity contribution is 0.659. The third-order valence-corrected chi connectivity index (χ3v) is 6.30. The van der Waals surface area contributed by atoms with Crippen molar-refractivity contribution in [2.45, 2.75) is 33.9 Å². The molecule has 0 atom stereocenters. The molecule has 9 heteroatoms. The monoisotopic (exact) mass is 498 g/mol. The van der Waals surface area contributed by atoms with E-state index in [1.165, 1.54) is 5.56 Å². The van der Waals surface area contributed by atoms with E-state index >= 15 is 0 Å². The molecule has 2 heterocycles. The standard InChI is InChI=1S/C24H24Cl2N6S/c1-15-12-22(30-31(15)14-19-20(25)10-7-11-21(19)26)27-24(33)28-23-16(2)29-32(17(23)3)13-18-8-5-4-6-9-18/h4-12H,13-14H2,1-3H3,(H2,27,28,30,33). The number of rotatable bonds is 6. The zero-order valence-corrected chi connectivity index (χ0v) is 20.9. The first-order valence-corrected chi connectivity index (χ1v) is 11.6. The van der Waals surface area contributed by atoms with Crippen molar-refractivity contribution in [3.8, 4) is 0 Å². The summed E-state index contributed by atoms with van der Waals surface area (Å²) in [5.74, 6) is 0.639. The second kappa shape index (κ2) is 9.95. The SMILES string of the molecule is Cc1nn(Cc2ccccc2)c(C)c1NC(=S)Nc1cc(C)n(Cc2c(Cl)cccc2Cl)n1. The second-order valence-corrected chi connectivity index (χ2v) is 9.02. The number of anilines is 2. The predicted octanol–water partition coefficient (Wildman–Crippen LogP) is 6.22. The number of hydrogen-bond acceptors (Lipinski definition) is 3. The Morgan fingerprint density at radius 3 is 2.27 bits per heavy atom. The number of hydrogen-bond donors (Lipinski definition) is 2. The summed E-state index contributed by atoms with van der Waals surface area (Å²) >= 11 is 18.2. The first-order valence-electron chi connectivity index (χ1n) is 10.4. The molecule has 0 aliphatic heterocycles. The van der Waals surface area contributed by atoms with Crippen LogP contribution < -0.4 is 10.6 Å². The summed E-state index contributed by atoms with van der Waals surface area (Å²) in [5.41, 5.74) is 5.76. The van der Waals surface area contributed by atoms with Crippen LogP contribution in [0, 0.1) is 20.8 Å². The Hall–Kier alpha value is -2.87. The molecule has 0 aliphatic carbocycles. The van der Waals surface area contributed by atoms with Crippen molar-refractivity contribution < 1.29 is 0 Å². The third kappa shape index (κ3) is 5.38. The van der Waals surface area contributed by atoms with Crippen LogP contribution in [0.2, 0.25) is 10.0 Å². The molecule has 33 heavy (non-hydrogen) atoms. The van der Waals surface area contributed by atoms with Gasteiger partial charge < -0.3 is 10.6 Å². The van der Waals surface area contributed by atoms with Gasteiger partial charge in [0.05, 0.1) is 30.2 Å². The van der Waals surface area contributed by atoms with Gasteiger partial charge in [-0.1, -0.05) is 59.6 Å². The van der Waals surface area contributed by atoms with Crippen molar-refractivity contribution >= 4 is 52.0 Å². The van der Waals surface area contributed by atoms with Gasteiger partial charge in [0.2, 0.25) is 0 Å². The first kappa shape index (κ1) is 23.3. The quantitative estimate of drug-likeness (QED) is 0.309. The topological polar surface area (TPSA) is 59.7 Å². The zero-order chi connectivity index (χ0) is 23.5. The Morgan fingerprint density at radius 2 is 1.58 bits per heavy atom. The van der Waals surface area contributed by atoms with E-state index in [9.17, 15) is 0 Å². The Morgan fingerprint density at radius 1 is 0.879 bits per heavy atom. The summed E-state index contributed by atoms with van der Waals surface area (Å²) in [6.07, 6.45) is 0. The molecular weight excluding hydrogens is 475 g/mol. The third-order valence-electron chi connectivity index (χ3n) is 5.39. The van der Waals surface area contributed by atoms with Crippen molar-refractivity contribution in [1.29, 1.82) is 0 Å². The average molecular weight is 499 g/mol. The van der Waals surface area contributed by atoms with E-state index in [4.69, 9.17) is 35.4 Å². The van der Waals surface area contributed by atoms with E-state index in [1.807, 2.05) is 72.6 Å². The molecule has 0 fully saturated rings. The van der Waals surface area contributed by atoms with Gasteiger partial charge in [0.25, 0.3) is 0 Å². The number of benzene rings is 2. The van der Waals surface area contributed by atoms with Gasteiger partial charge in [-0.25, -0.2) is 0 Å². The summed E-state index contributed by atoms with van der Waals surface area (Å²) in [6.45, 7) is 7.13. The van der Waals surface area contributed by atoms with Gasteiger partial charge in [0.1, 0.15) is 0 Å². The molecule has 0 spiro atoms. The highest BCUT2D eigenvalue weighted by atomic mass is 35.5. The highest BCUT2D eigenvalue weighted by molar-refractivity contribution is 7.80. The molecule has 0 unspecified atom stereocenters. The van der Waals surface area contributed by atoms with Crippen LogP contribution in [0.5, 0.6) is 0 Å². The van der Waals surface area contributed by atoms with Crippen LogP contribution in [0.25, 0.3) is 0 Å². The lowest BCUT2D eigenvalue weighted by Crippen LogP contribution is -2.20. The minimum absolute atomic E-state index is 0.445. The summed E-state index contributed by atoms with van der Waals surface area (Å²) in [6, 6.07) is 17.6. The molecule has 0 radical (unpaired) electrons. The highest BCUT2D eigenvalue weighted by Crippen LogP contribution is 2.26. The van der Waals surface area contributed by atoms with Gasteiger partial charge in [-0.05, 0) is 50.7 Å². The molecule has 4 aromatic rings. The molecule has 0 aliphatic rings. The lowest BCUT2D eigenvalue weighted by atomic mass is 10.2. The number of nitrogens with one attached hydrogen (secondary N) is 2. The van der Waals surface area contributed by atoms with E-state index in [0.29, 0.717) is 34.1 Å². The molecule has 170 valence electrons. The highest BCUT2D eigenvalue weighted by Gasteiger charge is 2.15. The minimum atomic E-state index is 0.445. The minimum Gasteiger partial charge on any atom is -0.329 e. The second-order valence-electron chi connectivity index (χ2n) is 7.80. The van der Waals surface area contributed by atoms with Crippen molar-refractivity contribution in [3.05, 3.63) is 92.9 Å². The van der Waals surface area contributed by atoms with E-state index in [1.54, 1.807) is 0 Å². The van der Waals surface area contributed by atoms with Crippen LogP contribution in [0.3, 0.4) is 0 Å². The van der Waals surface area contributed by atoms with Crippen molar-refractivity contribution in [1.82, 2.24) is 19.6 Å². The number of aryl methyl sites for hydroxylation is 2. The van der Waals surface area contributed by atoms with Crippen LogP contribution in [-0.2, 0) is 13.1 Å². The van der Waals surface area contributed by atoms with E-state index in [2.05, 4.69) is 33.0 Å². The van der Waals surface area contributed by atoms with E-state index in [0.717, 1.165) is 28.3 Å². The van der Waals surface area contributed by atoms with Crippen molar-refractivity contribution in [2.24, 2.45) is 0 Å². The molecule has 2 aromatic heterocycles. The summed E-state index contributed by atoms with van der Waals surface area (Å²) < 4.78 is 3.81. The van der Waals surface area contributed by atoms with Crippen molar-refractivity contribution in [2.75, 3.05) is 10.6 Å². The Balaban J connectivity index is 1.45. The zero-order valence-electron chi connectivity index (χ0n) is 18.6. The smallest absolute Gasteiger partial charge is 0.176 e. The van der Waals surface area contributed by atoms with Gasteiger partial charge in [0.15, 0.2) is 10.9 Å². The molecule has 2 N–H and O–H groups in total. The summed E-state index contributed by atoms with van der Waals surface area (Å²) in [5, 5.41) is 17.4. The van der Waals surface area contributed by atoms with Crippen LogP contribution in [0.15, 0.2) is 54.6 Å². The fourth-order valence-corrected chi connectivity index (χ4v) is 4.34. The largest absolute Gasteiger partial charge is 0.329 e. The molecule has 0 amide bonds. The maximum atomic E-state index is 6.32. The number of halogens is 2. The molecule has 0 saturated heterocycles. The summed E-state index contributed by atoms with van der Waals surface area (Å²) in [7, 11) is 0. The van der Waals surface area contributed by atoms with Crippen LogP contribution >= 0.6 is 35.4 Å². The normalized spacial score (nSPS) is 10.9. The molecule has 2 aromatic carbocycles. The number of thiocarbonyl (C=S) groups is 1.